The molecular weight excluding hydrogens is 492 g/mol. The van der Waals surface area contributed by atoms with Gasteiger partial charge in [-0.3, -0.25) is 24.1 Å². The van der Waals surface area contributed by atoms with E-state index in [-0.39, 0.29) is 24.6 Å². The third-order valence-electron chi connectivity index (χ3n) is 7.60. The zero-order chi connectivity index (χ0) is 27.5. The highest BCUT2D eigenvalue weighted by molar-refractivity contribution is 6.07. The molecule has 210 valence electrons. The minimum Gasteiger partial charge on any atom is -0.480 e. The summed E-state index contributed by atoms with van der Waals surface area (Å²) in [7, 11) is 0. The van der Waals surface area contributed by atoms with Crippen LogP contribution in [0.2, 0.25) is 0 Å². The highest BCUT2D eigenvalue weighted by Gasteiger charge is 2.37. The van der Waals surface area contributed by atoms with Crippen LogP contribution in [0.5, 0.6) is 0 Å². The van der Waals surface area contributed by atoms with E-state index in [0.717, 1.165) is 57.8 Å². The number of nitrogens with two attached hydrogens (primary N) is 1. The first-order chi connectivity index (χ1) is 18.3. The van der Waals surface area contributed by atoms with E-state index in [0.29, 0.717) is 17.2 Å². The first-order valence-corrected chi connectivity index (χ1v) is 13.6. The Kier molecular flexibility index (Phi) is 11.3. The van der Waals surface area contributed by atoms with Crippen molar-refractivity contribution in [1.29, 1.82) is 0 Å². The molecule has 2 atom stereocenters. The van der Waals surface area contributed by atoms with Crippen LogP contribution in [-0.4, -0.2) is 74.7 Å². The van der Waals surface area contributed by atoms with Crippen LogP contribution in [0, 0.1) is 11.8 Å². The van der Waals surface area contributed by atoms with Gasteiger partial charge in [0.05, 0.1) is 31.7 Å². The molecule has 0 aliphatic heterocycles. The lowest BCUT2D eigenvalue weighted by Crippen LogP contribution is -2.53. The molecule has 2 fully saturated rings. The monoisotopic (exact) mass is 532 g/mol. The van der Waals surface area contributed by atoms with E-state index in [9.17, 15) is 29.1 Å². The number of imidazole rings is 1. The second-order valence-electron chi connectivity index (χ2n) is 10.5. The van der Waals surface area contributed by atoms with Crippen LogP contribution in [0.4, 0.5) is 0 Å². The molecule has 1 heterocycles. The summed E-state index contributed by atoms with van der Waals surface area (Å²) in [4.78, 5) is 70.2. The van der Waals surface area contributed by atoms with Gasteiger partial charge in [0, 0.05) is 0 Å². The van der Waals surface area contributed by atoms with Crippen molar-refractivity contribution in [2.75, 3.05) is 13.1 Å². The number of rotatable bonds is 12. The first kappa shape index (κ1) is 29.3. The summed E-state index contributed by atoms with van der Waals surface area (Å²) in [6.07, 6.45) is 13.5. The van der Waals surface area contributed by atoms with Crippen LogP contribution in [0.3, 0.4) is 0 Å². The lowest BCUT2D eigenvalue weighted by Gasteiger charge is -2.31. The molecule has 6 N–H and O–H groups in total. The van der Waals surface area contributed by atoms with Gasteiger partial charge in [-0.25, -0.2) is 9.78 Å². The number of amides is 4. The van der Waals surface area contributed by atoms with Crippen molar-refractivity contribution >= 4 is 29.6 Å². The van der Waals surface area contributed by atoms with Crippen molar-refractivity contribution in [3.8, 4) is 0 Å². The highest BCUT2D eigenvalue weighted by Crippen LogP contribution is 2.29. The topological polar surface area (TPSA) is 188 Å². The first-order valence-electron chi connectivity index (χ1n) is 13.6. The fourth-order valence-corrected chi connectivity index (χ4v) is 5.50. The molecule has 0 saturated heterocycles. The number of carbonyl (C=O) groups is 5. The van der Waals surface area contributed by atoms with Gasteiger partial charge in [0.15, 0.2) is 0 Å². The summed E-state index contributed by atoms with van der Waals surface area (Å²) in [5.74, 6) is -3.57. The predicted octanol–water partition coefficient (Wildman–Crippen LogP) is 1.33. The van der Waals surface area contributed by atoms with Crippen molar-refractivity contribution in [2.24, 2.45) is 17.6 Å². The number of nitrogens with zero attached hydrogens (tertiary/aromatic N) is 2. The molecule has 1 aromatic heterocycles. The molecule has 12 heteroatoms. The molecule has 2 aliphatic rings. The van der Waals surface area contributed by atoms with Gasteiger partial charge in [0.25, 0.3) is 5.91 Å². The molecule has 0 aromatic carbocycles. The minimum absolute atomic E-state index is 0.0289. The smallest absolute Gasteiger partial charge is 0.326 e. The maximum atomic E-state index is 13.1. The van der Waals surface area contributed by atoms with E-state index in [1.165, 1.54) is 18.9 Å². The van der Waals surface area contributed by atoms with Crippen molar-refractivity contribution in [3.05, 3.63) is 18.2 Å². The summed E-state index contributed by atoms with van der Waals surface area (Å²) in [5.41, 5.74) is 5.98. The Morgan fingerprint density at radius 1 is 0.947 bits per heavy atom. The van der Waals surface area contributed by atoms with E-state index in [1.807, 2.05) is 0 Å². The average Bonchev–Trinajstić information content (AvgIpc) is 3.46. The SMILES string of the molecule is N[C@@H](CC1CCCCC1)C(=O)NCC(=O)NCC(=O)N(C(=O)c1cnc[nH]1)[C@@H](CC1CCCCC1)C(=O)O. The lowest BCUT2D eigenvalue weighted by molar-refractivity contribution is -0.148. The molecule has 4 amide bonds. The van der Waals surface area contributed by atoms with Crippen LogP contribution >= 0.6 is 0 Å². The van der Waals surface area contributed by atoms with Crippen LogP contribution < -0.4 is 16.4 Å². The number of hydrogen-bond donors (Lipinski definition) is 5. The molecule has 12 nitrogen and oxygen atoms in total. The second kappa shape index (κ2) is 14.6. The standard InChI is InChI=1S/C26H40N6O6/c27-19(11-17-7-3-1-4-8-17)24(35)30-14-22(33)29-15-23(34)32(25(36)20-13-28-16-31-20)21(26(37)38)12-18-9-5-2-6-10-18/h13,16-19,21H,1-12,14-15,27H2,(H,28,31)(H,29,33)(H,30,35)(H,37,38)/t19-,21-/m0/s1. The summed E-state index contributed by atoms with van der Waals surface area (Å²) in [6, 6.07) is -2.10. The lowest BCUT2D eigenvalue weighted by atomic mass is 9.84. The number of carboxylic acids is 1. The second-order valence-corrected chi connectivity index (χ2v) is 10.5. The predicted molar refractivity (Wildman–Crippen MR) is 138 cm³/mol. The zero-order valence-electron chi connectivity index (χ0n) is 21.8. The molecule has 0 radical (unpaired) electrons. The van der Waals surface area contributed by atoms with E-state index >= 15 is 0 Å². The quantitative estimate of drug-likeness (QED) is 0.266. The highest BCUT2D eigenvalue weighted by atomic mass is 16.4. The van der Waals surface area contributed by atoms with E-state index < -0.39 is 48.2 Å². The number of carboxylic acid groups (broad SMARTS) is 1. The fraction of sp³-hybridized carbons (Fsp3) is 0.692. The van der Waals surface area contributed by atoms with E-state index in [4.69, 9.17) is 5.73 Å². The van der Waals surface area contributed by atoms with Crippen LogP contribution in [-0.2, 0) is 19.2 Å². The van der Waals surface area contributed by atoms with Crippen molar-refractivity contribution < 1.29 is 29.1 Å². The van der Waals surface area contributed by atoms with Crippen LogP contribution in [0.15, 0.2) is 12.5 Å². The Morgan fingerprint density at radius 2 is 1.55 bits per heavy atom. The normalized spacial score (nSPS) is 18.2. The van der Waals surface area contributed by atoms with E-state index in [1.54, 1.807) is 0 Å². The van der Waals surface area contributed by atoms with Gasteiger partial charge in [-0.1, -0.05) is 64.2 Å². The molecule has 0 unspecified atom stereocenters. The van der Waals surface area contributed by atoms with E-state index in [2.05, 4.69) is 20.6 Å². The number of aromatic nitrogens is 2. The van der Waals surface area contributed by atoms with Gasteiger partial charge < -0.3 is 26.5 Å². The Balaban J connectivity index is 1.56. The Hall–Kier alpha value is -3.28. The molecule has 2 aliphatic carbocycles. The molecule has 2 saturated carbocycles. The molecule has 38 heavy (non-hydrogen) atoms. The third kappa shape index (κ3) is 8.64. The van der Waals surface area contributed by atoms with Gasteiger partial charge in [-0.2, -0.15) is 0 Å². The maximum Gasteiger partial charge on any atom is 0.326 e. The number of imide groups is 1. The Morgan fingerprint density at radius 3 is 2.11 bits per heavy atom. The number of hydrogen-bond acceptors (Lipinski definition) is 7. The van der Waals surface area contributed by atoms with Crippen LogP contribution in [0.25, 0.3) is 0 Å². The summed E-state index contributed by atoms with van der Waals surface area (Å²) >= 11 is 0. The van der Waals surface area contributed by atoms with Crippen LogP contribution in [0.1, 0.15) is 87.5 Å². The summed E-state index contributed by atoms with van der Waals surface area (Å²) in [5, 5.41) is 14.8. The number of aromatic amines is 1. The molecule has 3 rings (SSSR count). The molecule has 0 bridgehead atoms. The largest absolute Gasteiger partial charge is 0.480 e. The van der Waals surface area contributed by atoms with Crippen molar-refractivity contribution in [1.82, 2.24) is 25.5 Å². The van der Waals surface area contributed by atoms with Crippen molar-refractivity contribution in [2.45, 2.75) is 89.1 Å². The van der Waals surface area contributed by atoms with Crippen molar-refractivity contribution in [3.63, 3.8) is 0 Å². The van der Waals surface area contributed by atoms with Gasteiger partial charge in [-0.05, 0) is 24.7 Å². The van der Waals surface area contributed by atoms with Gasteiger partial charge in [0.1, 0.15) is 11.7 Å². The molecule has 1 aromatic rings. The Bertz CT molecular complexity index is 955. The minimum atomic E-state index is -1.38. The number of carbonyl (C=O) groups excluding carboxylic acids is 4. The number of H-pyrrole nitrogens is 1. The Labute approximate surface area is 222 Å². The molecular formula is C26H40N6O6. The number of nitrogens with one attached hydrogen (secondary N) is 3. The van der Waals surface area contributed by atoms with Gasteiger partial charge >= 0.3 is 5.97 Å². The van der Waals surface area contributed by atoms with Gasteiger partial charge in [0.2, 0.25) is 17.7 Å². The van der Waals surface area contributed by atoms with Gasteiger partial charge in [-0.15, -0.1) is 0 Å². The maximum absolute atomic E-state index is 13.1. The fourth-order valence-electron chi connectivity index (χ4n) is 5.50. The molecule has 0 spiro atoms. The summed E-state index contributed by atoms with van der Waals surface area (Å²) in [6.45, 7) is -0.986. The average molecular weight is 533 g/mol. The summed E-state index contributed by atoms with van der Waals surface area (Å²) < 4.78 is 0. The number of aliphatic carboxylic acids is 1. The third-order valence-corrected chi connectivity index (χ3v) is 7.60. The zero-order valence-corrected chi connectivity index (χ0v) is 21.8.